The molecule has 0 amide bonds. The van der Waals surface area contributed by atoms with Crippen molar-refractivity contribution >= 4 is 28.0 Å². The number of aromatic nitrogens is 2. The molecule has 0 saturated carbocycles. The standard InChI is InChI=1S/C56H43N3/c1-55(2)47-27-12-9-24-44(47)52-48(55)28-16-30-51(52)59(41-31-32-43-42-23-8-11-26-46(42)56(3,4)49(43)35-41)40-22-15-20-38(34-40)37-19-14-21-39(33-37)54-57-50-29-13-10-25-45(50)53(58-54)36-17-6-5-7-18-36/h5-35H,1-4H3. The molecule has 2 aliphatic rings. The minimum absolute atomic E-state index is 0.122. The summed E-state index contributed by atoms with van der Waals surface area (Å²) in [6.45, 7) is 9.44. The van der Waals surface area contributed by atoms with E-state index in [1.54, 1.807) is 0 Å². The molecule has 0 spiro atoms. The van der Waals surface area contributed by atoms with E-state index in [-0.39, 0.29) is 10.8 Å². The van der Waals surface area contributed by atoms with Crippen LogP contribution in [-0.2, 0) is 10.8 Å². The number of hydrogen-bond acceptors (Lipinski definition) is 3. The van der Waals surface area contributed by atoms with Gasteiger partial charge in [-0.3, -0.25) is 0 Å². The topological polar surface area (TPSA) is 29.0 Å². The van der Waals surface area contributed by atoms with E-state index < -0.39 is 0 Å². The number of rotatable bonds is 6. The zero-order valence-electron chi connectivity index (χ0n) is 33.7. The maximum atomic E-state index is 5.20. The number of hydrogen-bond donors (Lipinski definition) is 0. The third kappa shape index (κ3) is 5.49. The summed E-state index contributed by atoms with van der Waals surface area (Å²) in [5, 5.41) is 1.05. The van der Waals surface area contributed by atoms with Crippen molar-refractivity contribution in [2.45, 2.75) is 38.5 Å². The molecule has 9 aromatic rings. The first-order chi connectivity index (χ1) is 28.8. The highest BCUT2D eigenvalue weighted by Crippen LogP contribution is 2.56. The molecule has 3 nitrogen and oxygen atoms in total. The Bertz CT molecular complexity index is 3120. The molecule has 3 heteroatoms. The fraction of sp³-hybridized carbons (Fsp3) is 0.107. The molecule has 1 heterocycles. The van der Waals surface area contributed by atoms with Crippen LogP contribution >= 0.6 is 0 Å². The molecule has 0 radical (unpaired) electrons. The van der Waals surface area contributed by atoms with E-state index in [1.807, 2.05) is 12.1 Å². The molecule has 0 atom stereocenters. The summed E-state index contributed by atoms with van der Waals surface area (Å²) >= 11 is 0. The lowest BCUT2D eigenvalue weighted by atomic mass is 9.82. The van der Waals surface area contributed by atoms with Gasteiger partial charge in [0.05, 0.1) is 16.9 Å². The number of anilines is 3. The van der Waals surface area contributed by atoms with Crippen molar-refractivity contribution in [2.24, 2.45) is 0 Å². The molecule has 0 saturated heterocycles. The Morgan fingerprint density at radius 1 is 0.390 bits per heavy atom. The van der Waals surface area contributed by atoms with E-state index >= 15 is 0 Å². The number of nitrogens with zero attached hydrogens (tertiary/aromatic N) is 3. The Morgan fingerprint density at radius 3 is 1.80 bits per heavy atom. The Balaban J connectivity index is 1.08. The largest absolute Gasteiger partial charge is 0.310 e. The van der Waals surface area contributed by atoms with E-state index in [0.717, 1.165) is 50.2 Å². The summed E-state index contributed by atoms with van der Waals surface area (Å²) in [7, 11) is 0. The summed E-state index contributed by atoms with van der Waals surface area (Å²) < 4.78 is 0. The SMILES string of the molecule is CC1(C)c2ccccc2-c2ccc(N(c3cccc(-c4cccc(-c5nc(-c6ccccc6)c6ccccc6n5)c4)c3)c3cccc4c3-c3ccccc3C4(C)C)cc21. The predicted molar refractivity (Wildman–Crippen MR) is 246 cm³/mol. The quantitative estimate of drug-likeness (QED) is 0.169. The van der Waals surface area contributed by atoms with Gasteiger partial charge < -0.3 is 4.90 Å². The second-order valence-electron chi connectivity index (χ2n) is 17.0. The van der Waals surface area contributed by atoms with Crippen molar-refractivity contribution in [1.82, 2.24) is 9.97 Å². The van der Waals surface area contributed by atoms with Crippen molar-refractivity contribution < 1.29 is 0 Å². The van der Waals surface area contributed by atoms with Crippen LogP contribution in [0.2, 0.25) is 0 Å². The average Bonchev–Trinajstić information content (AvgIpc) is 3.66. The van der Waals surface area contributed by atoms with Gasteiger partial charge in [-0.25, -0.2) is 9.97 Å². The molecule has 0 unspecified atom stereocenters. The van der Waals surface area contributed by atoms with Crippen molar-refractivity contribution in [2.75, 3.05) is 4.90 Å². The predicted octanol–water partition coefficient (Wildman–Crippen LogP) is 14.7. The lowest BCUT2D eigenvalue weighted by molar-refractivity contribution is 0.660. The van der Waals surface area contributed by atoms with Crippen LogP contribution in [0.25, 0.3) is 66.9 Å². The van der Waals surface area contributed by atoms with Gasteiger partial charge >= 0.3 is 0 Å². The fourth-order valence-corrected chi connectivity index (χ4v) is 9.86. The maximum absolute atomic E-state index is 5.20. The van der Waals surface area contributed by atoms with Gasteiger partial charge in [0.15, 0.2) is 5.82 Å². The Hall–Kier alpha value is -7.10. The van der Waals surface area contributed by atoms with Crippen LogP contribution < -0.4 is 4.90 Å². The average molecular weight is 758 g/mol. The fourth-order valence-electron chi connectivity index (χ4n) is 9.86. The third-order valence-electron chi connectivity index (χ3n) is 12.9. The minimum atomic E-state index is -0.131. The van der Waals surface area contributed by atoms with Crippen LogP contribution in [0.1, 0.15) is 49.9 Å². The molecule has 0 fully saturated rings. The lowest BCUT2D eigenvalue weighted by Gasteiger charge is -2.30. The minimum Gasteiger partial charge on any atom is -0.310 e. The third-order valence-corrected chi connectivity index (χ3v) is 12.9. The van der Waals surface area contributed by atoms with Crippen LogP contribution in [0.3, 0.4) is 0 Å². The number of fused-ring (bicyclic) bond motifs is 7. The zero-order chi connectivity index (χ0) is 39.9. The summed E-state index contributed by atoms with van der Waals surface area (Å²) in [6, 6.07) is 68.2. The molecule has 11 rings (SSSR count). The first-order valence-corrected chi connectivity index (χ1v) is 20.6. The van der Waals surface area contributed by atoms with Gasteiger partial charge in [0.2, 0.25) is 0 Å². The van der Waals surface area contributed by atoms with E-state index in [9.17, 15) is 0 Å². The molecule has 0 N–H and O–H groups in total. The summed E-state index contributed by atoms with van der Waals surface area (Å²) in [5.74, 6) is 0.713. The van der Waals surface area contributed by atoms with Gasteiger partial charge in [-0.05, 0) is 92.5 Å². The van der Waals surface area contributed by atoms with Gasteiger partial charge in [-0.1, -0.05) is 173 Å². The molecule has 282 valence electrons. The van der Waals surface area contributed by atoms with E-state index in [4.69, 9.17) is 9.97 Å². The molecule has 0 bridgehead atoms. The molecule has 0 aliphatic heterocycles. The van der Waals surface area contributed by atoms with Crippen molar-refractivity contribution in [3.05, 3.63) is 210 Å². The smallest absolute Gasteiger partial charge is 0.160 e. The second kappa shape index (κ2) is 13.2. The Kier molecular flexibility index (Phi) is 7.87. The number of benzene rings is 8. The summed E-state index contributed by atoms with van der Waals surface area (Å²) in [6.07, 6.45) is 0. The normalized spacial score (nSPS) is 14.0. The highest BCUT2D eigenvalue weighted by Gasteiger charge is 2.39. The van der Waals surface area contributed by atoms with E-state index in [0.29, 0.717) is 5.82 Å². The van der Waals surface area contributed by atoms with E-state index in [2.05, 4.69) is 209 Å². The van der Waals surface area contributed by atoms with Crippen molar-refractivity contribution in [3.8, 4) is 56.0 Å². The number of para-hydroxylation sites is 1. The van der Waals surface area contributed by atoms with Crippen LogP contribution in [0, 0.1) is 0 Å². The first kappa shape index (κ1) is 35.1. The van der Waals surface area contributed by atoms with Crippen LogP contribution in [0.5, 0.6) is 0 Å². The van der Waals surface area contributed by atoms with Gasteiger partial charge in [0.1, 0.15) is 0 Å². The summed E-state index contributed by atoms with van der Waals surface area (Å²) in [5.41, 5.74) is 20.0. The molecular formula is C56H43N3. The second-order valence-corrected chi connectivity index (χ2v) is 17.0. The molecule has 2 aliphatic carbocycles. The Morgan fingerprint density at radius 2 is 0.966 bits per heavy atom. The van der Waals surface area contributed by atoms with Gasteiger partial charge in [-0.15, -0.1) is 0 Å². The van der Waals surface area contributed by atoms with Crippen LogP contribution in [-0.4, -0.2) is 9.97 Å². The summed E-state index contributed by atoms with van der Waals surface area (Å²) in [4.78, 5) is 12.8. The van der Waals surface area contributed by atoms with Crippen molar-refractivity contribution in [1.29, 1.82) is 0 Å². The van der Waals surface area contributed by atoms with Crippen molar-refractivity contribution in [3.63, 3.8) is 0 Å². The van der Waals surface area contributed by atoms with Gasteiger partial charge in [-0.2, -0.15) is 0 Å². The molecule has 59 heavy (non-hydrogen) atoms. The van der Waals surface area contributed by atoms with Crippen LogP contribution in [0.4, 0.5) is 17.1 Å². The first-order valence-electron chi connectivity index (χ1n) is 20.6. The highest BCUT2D eigenvalue weighted by molar-refractivity contribution is 5.97. The lowest BCUT2D eigenvalue weighted by Crippen LogP contribution is -2.17. The monoisotopic (exact) mass is 757 g/mol. The zero-order valence-corrected chi connectivity index (χ0v) is 33.7. The van der Waals surface area contributed by atoms with E-state index in [1.165, 1.54) is 50.2 Å². The molecule has 1 aromatic heterocycles. The van der Waals surface area contributed by atoms with Crippen LogP contribution in [0.15, 0.2) is 188 Å². The van der Waals surface area contributed by atoms with Gasteiger partial charge in [0, 0.05) is 44.3 Å². The van der Waals surface area contributed by atoms with Gasteiger partial charge in [0.25, 0.3) is 0 Å². The molecular weight excluding hydrogens is 715 g/mol. The highest BCUT2D eigenvalue weighted by atomic mass is 15.1. The molecule has 8 aromatic carbocycles. The Labute approximate surface area is 346 Å². The maximum Gasteiger partial charge on any atom is 0.160 e.